The van der Waals surface area contributed by atoms with Crippen LogP contribution in [0.15, 0.2) is 18.3 Å². The second-order valence-electron chi connectivity index (χ2n) is 3.66. The van der Waals surface area contributed by atoms with Gasteiger partial charge in [-0.15, -0.1) is 0 Å². The number of hydrogen-bond acceptors (Lipinski definition) is 4. The number of pyridine rings is 1. The van der Waals surface area contributed by atoms with E-state index in [1.807, 2.05) is 12.1 Å². The van der Waals surface area contributed by atoms with E-state index in [1.54, 1.807) is 6.20 Å². The molecular formula is C11H13NO3. The van der Waals surface area contributed by atoms with Gasteiger partial charge in [-0.25, -0.2) is 0 Å². The van der Waals surface area contributed by atoms with Gasteiger partial charge in [-0.05, 0) is 24.5 Å². The summed E-state index contributed by atoms with van der Waals surface area (Å²) in [5.74, 6) is -0.837. The molecule has 2 rings (SSSR count). The number of carbonyl (C=O) groups excluding carboxylic acids is 1. The molecule has 1 aliphatic rings. The van der Waals surface area contributed by atoms with Crippen molar-refractivity contribution >= 4 is 5.97 Å². The maximum Gasteiger partial charge on any atom is 0.311 e. The molecule has 0 amide bonds. The number of ether oxygens (including phenoxy) is 1. The average Bonchev–Trinajstić information content (AvgIpc) is 2.29. The van der Waals surface area contributed by atoms with Crippen LogP contribution in [-0.4, -0.2) is 23.2 Å². The number of nitrogens with zero attached hydrogens (tertiary/aromatic N) is 1. The van der Waals surface area contributed by atoms with E-state index in [-0.39, 0.29) is 5.97 Å². The molecule has 80 valence electrons. The van der Waals surface area contributed by atoms with Gasteiger partial charge in [0.1, 0.15) is 6.10 Å². The molecule has 0 fully saturated rings. The fourth-order valence-electron chi connectivity index (χ4n) is 1.99. The number of aryl methyl sites for hydroxylation is 1. The minimum absolute atomic E-state index is 0.362. The van der Waals surface area contributed by atoms with Crippen molar-refractivity contribution in [1.82, 2.24) is 4.98 Å². The number of fused-ring (bicyclic) bond motifs is 1. The lowest BCUT2D eigenvalue weighted by Gasteiger charge is -2.26. The summed E-state index contributed by atoms with van der Waals surface area (Å²) in [7, 11) is 1.34. The van der Waals surface area contributed by atoms with Gasteiger partial charge in [0.05, 0.1) is 18.7 Å². The monoisotopic (exact) mass is 207 g/mol. The van der Waals surface area contributed by atoms with E-state index in [0.717, 1.165) is 12.0 Å². The highest BCUT2D eigenvalue weighted by atomic mass is 16.5. The van der Waals surface area contributed by atoms with Crippen LogP contribution in [0.5, 0.6) is 0 Å². The largest absolute Gasteiger partial charge is 0.469 e. The molecule has 1 aromatic heterocycles. The van der Waals surface area contributed by atoms with E-state index in [9.17, 15) is 9.90 Å². The SMILES string of the molecule is COC(=O)C1CCc2cccnc2C1O. The number of hydrogen-bond donors (Lipinski definition) is 1. The van der Waals surface area contributed by atoms with E-state index >= 15 is 0 Å². The number of esters is 1. The van der Waals surface area contributed by atoms with Crippen molar-refractivity contribution in [2.24, 2.45) is 5.92 Å². The van der Waals surface area contributed by atoms with Crippen LogP contribution in [0.4, 0.5) is 0 Å². The van der Waals surface area contributed by atoms with Crippen LogP contribution < -0.4 is 0 Å². The molecule has 0 spiro atoms. The molecule has 0 aliphatic heterocycles. The molecule has 0 saturated heterocycles. The average molecular weight is 207 g/mol. The molecule has 0 bridgehead atoms. The van der Waals surface area contributed by atoms with Gasteiger partial charge in [-0.1, -0.05) is 6.07 Å². The molecule has 1 N–H and O–H groups in total. The summed E-state index contributed by atoms with van der Waals surface area (Å²) in [4.78, 5) is 15.5. The molecule has 1 heterocycles. The molecule has 15 heavy (non-hydrogen) atoms. The van der Waals surface area contributed by atoms with Gasteiger partial charge in [0.25, 0.3) is 0 Å². The van der Waals surface area contributed by atoms with Crippen LogP contribution in [0.1, 0.15) is 23.8 Å². The number of rotatable bonds is 1. The van der Waals surface area contributed by atoms with Crippen LogP contribution in [-0.2, 0) is 16.0 Å². The number of methoxy groups -OCH3 is 1. The highest BCUT2D eigenvalue weighted by Gasteiger charge is 2.34. The summed E-state index contributed by atoms with van der Waals surface area (Å²) >= 11 is 0. The second kappa shape index (κ2) is 3.98. The lowest BCUT2D eigenvalue weighted by atomic mass is 9.84. The standard InChI is InChI=1S/C11H13NO3/c1-15-11(14)8-5-4-7-3-2-6-12-9(7)10(8)13/h2-3,6,8,10,13H,4-5H2,1H3. The van der Waals surface area contributed by atoms with Gasteiger partial charge in [-0.3, -0.25) is 9.78 Å². The van der Waals surface area contributed by atoms with Crippen molar-refractivity contribution in [1.29, 1.82) is 0 Å². The van der Waals surface area contributed by atoms with Crippen LogP contribution in [0.3, 0.4) is 0 Å². The molecule has 4 heteroatoms. The Balaban J connectivity index is 2.29. The summed E-state index contributed by atoms with van der Waals surface area (Å²) < 4.78 is 4.65. The van der Waals surface area contributed by atoms with Crippen LogP contribution >= 0.6 is 0 Å². The zero-order valence-electron chi connectivity index (χ0n) is 8.51. The summed E-state index contributed by atoms with van der Waals surface area (Å²) in [5, 5.41) is 9.96. The topological polar surface area (TPSA) is 59.4 Å². The second-order valence-corrected chi connectivity index (χ2v) is 3.66. The number of aromatic nitrogens is 1. The molecule has 2 atom stereocenters. The minimum atomic E-state index is -0.831. The van der Waals surface area contributed by atoms with Crippen molar-refractivity contribution in [3.05, 3.63) is 29.6 Å². The van der Waals surface area contributed by atoms with Gasteiger partial charge in [-0.2, -0.15) is 0 Å². The normalized spacial score (nSPS) is 24.4. The Hall–Kier alpha value is -1.42. The lowest BCUT2D eigenvalue weighted by molar-refractivity contribution is -0.150. The number of carbonyl (C=O) groups is 1. The predicted octanol–water partition coefficient (Wildman–Crippen LogP) is 0.850. The first-order valence-electron chi connectivity index (χ1n) is 4.93. The van der Waals surface area contributed by atoms with Crippen molar-refractivity contribution in [2.75, 3.05) is 7.11 Å². The number of aliphatic hydroxyl groups is 1. The van der Waals surface area contributed by atoms with Crippen molar-refractivity contribution in [3.63, 3.8) is 0 Å². The van der Waals surface area contributed by atoms with E-state index in [2.05, 4.69) is 9.72 Å². The van der Waals surface area contributed by atoms with Gasteiger partial charge >= 0.3 is 5.97 Å². The maximum atomic E-state index is 11.4. The van der Waals surface area contributed by atoms with E-state index in [1.165, 1.54) is 7.11 Å². The third kappa shape index (κ3) is 1.72. The summed E-state index contributed by atoms with van der Waals surface area (Å²) in [5.41, 5.74) is 1.63. The predicted molar refractivity (Wildman–Crippen MR) is 53.0 cm³/mol. The molecule has 1 aromatic rings. The zero-order chi connectivity index (χ0) is 10.8. The molecule has 2 unspecified atom stereocenters. The minimum Gasteiger partial charge on any atom is -0.469 e. The quantitative estimate of drug-likeness (QED) is 0.693. The maximum absolute atomic E-state index is 11.4. The fraction of sp³-hybridized carbons (Fsp3) is 0.455. The van der Waals surface area contributed by atoms with E-state index < -0.39 is 12.0 Å². The third-order valence-corrected chi connectivity index (χ3v) is 2.82. The molecule has 4 nitrogen and oxygen atoms in total. The van der Waals surface area contributed by atoms with Gasteiger partial charge in [0.15, 0.2) is 0 Å². The molecular weight excluding hydrogens is 194 g/mol. The number of aliphatic hydroxyl groups excluding tert-OH is 1. The van der Waals surface area contributed by atoms with Crippen LogP contribution in [0.2, 0.25) is 0 Å². The van der Waals surface area contributed by atoms with Crippen molar-refractivity contribution < 1.29 is 14.6 Å². The van der Waals surface area contributed by atoms with Gasteiger partial charge < -0.3 is 9.84 Å². The Kier molecular flexibility index (Phi) is 2.68. The molecule has 0 aromatic carbocycles. The van der Waals surface area contributed by atoms with E-state index in [0.29, 0.717) is 12.1 Å². The summed E-state index contributed by atoms with van der Waals surface area (Å²) in [6.07, 6.45) is 2.18. The highest BCUT2D eigenvalue weighted by molar-refractivity contribution is 5.73. The van der Waals surface area contributed by atoms with Crippen molar-refractivity contribution in [3.8, 4) is 0 Å². The lowest BCUT2D eigenvalue weighted by Crippen LogP contribution is -2.29. The van der Waals surface area contributed by atoms with E-state index in [4.69, 9.17) is 0 Å². The van der Waals surface area contributed by atoms with Crippen molar-refractivity contribution in [2.45, 2.75) is 18.9 Å². The van der Waals surface area contributed by atoms with Gasteiger partial charge in [0.2, 0.25) is 0 Å². The first-order chi connectivity index (χ1) is 7.24. The van der Waals surface area contributed by atoms with Crippen LogP contribution in [0.25, 0.3) is 0 Å². The Morgan fingerprint density at radius 3 is 3.20 bits per heavy atom. The Morgan fingerprint density at radius 2 is 2.47 bits per heavy atom. The first-order valence-corrected chi connectivity index (χ1v) is 4.93. The smallest absolute Gasteiger partial charge is 0.311 e. The first kappa shape index (κ1) is 10.1. The molecule has 0 saturated carbocycles. The fourth-order valence-corrected chi connectivity index (χ4v) is 1.99. The molecule has 0 radical (unpaired) electrons. The van der Waals surface area contributed by atoms with Crippen LogP contribution in [0, 0.1) is 5.92 Å². The summed E-state index contributed by atoms with van der Waals surface area (Å²) in [6.45, 7) is 0. The third-order valence-electron chi connectivity index (χ3n) is 2.82. The highest BCUT2D eigenvalue weighted by Crippen LogP contribution is 2.33. The Bertz CT molecular complexity index is 378. The zero-order valence-corrected chi connectivity index (χ0v) is 8.51. The summed E-state index contributed by atoms with van der Waals surface area (Å²) in [6, 6.07) is 3.77. The Labute approximate surface area is 87.9 Å². The van der Waals surface area contributed by atoms with Gasteiger partial charge in [0, 0.05) is 6.20 Å². The molecule has 1 aliphatic carbocycles. The Morgan fingerprint density at radius 1 is 1.67 bits per heavy atom.